The Morgan fingerprint density at radius 1 is 1.58 bits per heavy atom. The highest BCUT2D eigenvalue weighted by Gasteiger charge is 2.13. The van der Waals surface area contributed by atoms with Crippen molar-refractivity contribution >= 4 is 29.6 Å². The van der Waals surface area contributed by atoms with Gasteiger partial charge in [0.1, 0.15) is 5.82 Å². The second-order valence-corrected chi connectivity index (χ2v) is 5.16. The van der Waals surface area contributed by atoms with Gasteiger partial charge >= 0.3 is 5.97 Å². The van der Waals surface area contributed by atoms with Crippen molar-refractivity contribution in [2.24, 2.45) is 0 Å². The first-order chi connectivity index (χ1) is 9.08. The van der Waals surface area contributed by atoms with Gasteiger partial charge in [-0.2, -0.15) is 11.8 Å². The molecule has 1 heterocycles. The molecule has 5 heteroatoms. The number of thioether (sulfide) groups is 1. The van der Waals surface area contributed by atoms with E-state index in [9.17, 15) is 4.79 Å². The zero-order valence-corrected chi connectivity index (χ0v) is 12.4. The van der Waals surface area contributed by atoms with E-state index in [0.717, 1.165) is 29.6 Å². The second-order valence-electron chi connectivity index (χ2n) is 4.25. The smallest absolute Gasteiger partial charge is 0.328 e. The number of aliphatic carboxylic acids is 1. The third-order valence-electron chi connectivity index (χ3n) is 2.93. The van der Waals surface area contributed by atoms with Crippen molar-refractivity contribution in [1.82, 2.24) is 4.98 Å². The molecule has 0 aliphatic carbocycles. The van der Waals surface area contributed by atoms with Crippen LogP contribution in [0.1, 0.15) is 18.9 Å². The van der Waals surface area contributed by atoms with E-state index < -0.39 is 5.97 Å². The number of carbonyl (C=O) groups is 1. The van der Waals surface area contributed by atoms with Gasteiger partial charge in [-0.05, 0) is 36.4 Å². The molecule has 1 unspecified atom stereocenters. The van der Waals surface area contributed by atoms with Gasteiger partial charge in [0.15, 0.2) is 0 Å². The van der Waals surface area contributed by atoms with Gasteiger partial charge in [-0.3, -0.25) is 0 Å². The zero-order valence-electron chi connectivity index (χ0n) is 11.5. The quantitative estimate of drug-likeness (QED) is 0.778. The fourth-order valence-electron chi connectivity index (χ4n) is 1.76. The van der Waals surface area contributed by atoms with E-state index in [4.69, 9.17) is 5.11 Å². The van der Waals surface area contributed by atoms with Crippen molar-refractivity contribution < 1.29 is 9.90 Å². The molecule has 0 saturated heterocycles. The van der Waals surface area contributed by atoms with E-state index >= 15 is 0 Å². The summed E-state index contributed by atoms with van der Waals surface area (Å²) in [6.45, 7) is 2.17. The first kappa shape index (κ1) is 15.6. The average Bonchev–Trinajstić information content (AvgIpc) is 2.42. The second kappa shape index (κ2) is 7.84. The van der Waals surface area contributed by atoms with Gasteiger partial charge in [-0.25, -0.2) is 9.78 Å². The van der Waals surface area contributed by atoms with Crippen molar-refractivity contribution in [3.63, 3.8) is 0 Å². The Balaban J connectivity index is 2.77. The van der Waals surface area contributed by atoms with Gasteiger partial charge in [0.25, 0.3) is 0 Å². The van der Waals surface area contributed by atoms with Gasteiger partial charge in [0.05, 0.1) is 0 Å². The summed E-state index contributed by atoms with van der Waals surface area (Å²) in [5.74, 6) is 1.02. The van der Waals surface area contributed by atoms with E-state index in [1.54, 1.807) is 6.20 Å². The highest BCUT2D eigenvalue weighted by Crippen LogP contribution is 2.17. The molecule has 0 fully saturated rings. The highest BCUT2D eigenvalue weighted by molar-refractivity contribution is 7.98. The van der Waals surface area contributed by atoms with E-state index in [0.29, 0.717) is 6.04 Å². The van der Waals surface area contributed by atoms with Gasteiger partial charge < -0.3 is 10.0 Å². The van der Waals surface area contributed by atoms with Crippen LogP contribution in [0, 0.1) is 0 Å². The van der Waals surface area contributed by atoms with Crippen LogP contribution in [0.25, 0.3) is 6.08 Å². The zero-order chi connectivity index (χ0) is 14.3. The number of aromatic nitrogens is 1. The molecule has 1 rings (SSSR count). The lowest BCUT2D eigenvalue weighted by Gasteiger charge is -2.27. The molecule has 0 saturated carbocycles. The van der Waals surface area contributed by atoms with Crippen molar-refractivity contribution in [2.45, 2.75) is 19.4 Å². The van der Waals surface area contributed by atoms with Crippen LogP contribution in [-0.2, 0) is 4.79 Å². The van der Waals surface area contributed by atoms with E-state index in [1.807, 2.05) is 30.9 Å². The fraction of sp³-hybridized carbons (Fsp3) is 0.429. The minimum atomic E-state index is -0.952. The van der Waals surface area contributed by atoms with Gasteiger partial charge in [0, 0.05) is 31.1 Å². The van der Waals surface area contributed by atoms with E-state index in [2.05, 4.69) is 23.1 Å². The molecule has 104 valence electrons. The SMILES string of the molecule is CCC(CSC)N(C)c1ccc(/C=C/C(=O)O)cn1. The summed E-state index contributed by atoms with van der Waals surface area (Å²) in [5, 5.41) is 8.56. The first-order valence-corrected chi connectivity index (χ1v) is 7.56. The first-order valence-electron chi connectivity index (χ1n) is 6.17. The fourth-order valence-corrected chi connectivity index (χ4v) is 2.60. The van der Waals surface area contributed by atoms with Crippen molar-refractivity contribution in [1.29, 1.82) is 0 Å². The minimum absolute atomic E-state index is 0.461. The third kappa shape index (κ3) is 4.95. The summed E-state index contributed by atoms with van der Waals surface area (Å²) in [7, 11) is 2.04. The number of nitrogens with zero attached hydrogens (tertiary/aromatic N) is 2. The van der Waals surface area contributed by atoms with Crippen LogP contribution >= 0.6 is 11.8 Å². The minimum Gasteiger partial charge on any atom is -0.478 e. The summed E-state index contributed by atoms with van der Waals surface area (Å²) < 4.78 is 0. The number of hydrogen-bond donors (Lipinski definition) is 1. The number of anilines is 1. The summed E-state index contributed by atoms with van der Waals surface area (Å²) in [5.41, 5.74) is 0.789. The maximum absolute atomic E-state index is 10.4. The van der Waals surface area contributed by atoms with E-state index in [-0.39, 0.29) is 0 Å². The van der Waals surface area contributed by atoms with Gasteiger partial charge in [0.2, 0.25) is 0 Å². The average molecular weight is 280 g/mol. The lowest BCUT2D eigenvalue weighted by molar-refractivity contribution is -0.131. The molecule has 0 aromatic carbocycles. The van der Waals surface area contributed by atoms with Gasteiger partial charge in [-0.1, -0.05) is 6.92 Å². The topological polar surface area (TPSA) is 53.4 Å². The summed E-state index contributed by atoms with van der Waals surface area (Å²) in [6.07, 6.45) is 7.52. The van der Waals surface area contributed by atoms with Crippen molar-refractivity contribution in [3.05, 3.63) is 30.0 Å². The highest BCUT2D eigenvalue weighted by atomic mass is 32.2. The molecule has 0 amide bonds. The molecule has 1 atom stereocenters. The molecule has 0 bridgehead atoms. The predicted molar refractivity (Wildman–Crippen MR) is 81.8 cm³/mol. The normalized spacial score (nSPS) is 12.6. The van der Waals surface area contributed by atoms with Crippen LogP contribution in [0.15, 0.2) is 24.4 Å². The third-order valence-corrected chi connectivity index (χ3v) is 3.65. The molecule has 0 spiro atoms. The van der Waals surface area contributed by atoms with Crippen LogP contribution in [-0.4, -0.2) is 41.2 Å². The van der Waals surface area contributed by atoms with Crippen LogP contribution in [0.2, 0.25) is 0 Å². The van der Waals surface area contributed by atoms with Crippen LogP contribution in [0.5, 0.6) is 0 Å². The molecule has 1 aromatic heterocycles. The number of carboxylic acids is 1. The molecule has 1 aromatic rings. The van der Waals surface area contributed by atoms with Crippen LogP contribution in [0.3, 0.4) is 0 Å². The predicted octanol–water partition coefficient (Wildman–Crippen LogP) is 2.76. The Morgan fingerprint density at radius 3 is 2.79 bits per heavy atom. The molecule has 0 radical (unpaired) electrons. The number of rotatable bonds is 7. The molecule has 0 aliphatic rings. The maximum Gasteiger partial charge on any atom is 0.328 e. The summed E-state index contributed by atoms with van der Waals surface area (Å²) in [6, 6.07) is 4.26. The van der Waals surface area contributed by atoms with Crippen molar-refractivity contribution in [2.75, 3.05) is 24.0 Å². The largest absolute Gasteiger partial charge is 0.478 e. The van der Waals surface area contributed by atoms with Crippen molar-refractivity contribution in [3.8, 4) is 0 Å². The molecular formula is C14H20N2O2S. The molecule has 0 aliphatic heterocycles. The molecular weight excluding hydrogens is 260 g/mol. The lowest BCUT2D eigenvalue weighted by atomic mass is 10.2. The Labute approximate surface area is 118 Å². The maximum atomic E-state index is 10.4. The number of pyridine rings is 1. The number of hydrogen-bond acceptors (Lipinski definition) is 4. The molecule has 1 N–H and O–H groups in total. The molecule has 4 nitrogen and oxygen atoms in total. The standard InChI is InChI=1S/C14H20N2O2S/c1-4-12(10-19-3)16(2)13-7-5-11(9-15-13)6-8-14(17)18/h5-9,12H,4,10H2,1-3H3,(H,17,18)/b8-6+. The Hall–Kier alpha value is -1.49. The van der Waals surface area contributed by atoms with E-state index in [1.165, 1.54) is 6.08 Å². The number of carboxylic acid groups (broad SMARTS) is 1. The Kier molecular flexibility index (Phi) is 6.42. The van der Waals surface area contributed by atoms with Crippen LogP contribution < -0.4 is 4.90 Å². The lowest BCUT2D eigenvalue weighted by Crippen LogP contribution is -2.33. The van der Waals surface area contributed by atoms with Gasteiger partial charge in [-0.15, -0.1) is 0 Å². The monoisotopic (exact) mass is 280 g/mol. The molecule has 19 heavy (non-hydrogen) atoms. The van der Waals surface area contributed by atoms with Crippen LogP contribution in [0.4, 0.5) is 5.82 Å². The Morgan fingerprint density at radius 2 is 2.32 bits per heavy atom. The summed E-state index contributed by atoms with van der Waals surface area (Å²) in [4.78, 5) is 17.0. The summed E-state index contributed by atoms with van der Waals surface area (Å²) >= 11 is 1.83. The Bertz CT molecular complexity index is 432.